The number of piperidine rings is 1. The molecule has 0 aromatic heterocycles. The number of nitrogens with zero attached hydrogens (tertiary/aromatic N) is 2. The number of halogens is 1. The van der Waals surface area contributed by atoms with E-state index in [0.29, 0.717) is 18.2 Å². The fraction of sp³-hybridized carbons (Fsp3) is 0.500. The van der Waals surface area contributed by atoms with Crippen LogP contribution < -0.4 is 0 Å². The molecule has 1 aliphatic heterocycles. The van der Waals surface area contributed by atoms with E-state index >= 15 is 0 Å². The Morgan fingerprint density at radius 1 is 1.41 bits per heavy atom. The van der Waals surface area contributed by atoms with Crippen LogP contribution in [-0.2, 0) is 6.54 Å². The van der Waals surface area contributed by atoms with Gasteiger partial charge in [-0.05, 0) is 37.3 Å². The van der Waals surface area contributed by atoms with Crippen molar-refractivity contribution in [3.8, 4) is 6.07 Å². The molecule has 2 atom stereocenters. The normalized spacial score (nSPS) is 27.3. The summed E-state index contributed by atoms with van der Waals surface area (Å²) in [4.78, 5) is 2.39. The summed E-state index contributed by atoms with van der Waals surface area (Å²) in [6, 6.07) is 7.41. The van der Waals surface area contributed by atoms with Crippen LogP contribution in [0.2, 0.25) is 0 Å². The summed E-state index contributed by atoms with van der Waals surface area (Å²) in [6.07, 6.45) is 3.90. The van der Waals surface area contributed by atoms with Gasteiger partial charge in [0.1, 0.15) is 5.82 Å². The molecule has 88 valence electrons. The number of hydrogen-bond donors (Lipinski definition) is 0. The van der Waals surface area contributed by atoms with E-state index in [4.69, 9.17) is 5.26 Å². The predicted octanol–water partition coefficient (Wildman–Crippen LogP) is 2.68. The van der Waals surface area contributed by atoms with Crippen LogP contribution in [0.3, 0.4) is 0 Å². The summed E-state index contributed by atoms with van der Waals surface area (Å²) in [5, 5.41) is 8.70. The van der Waals surface area contributed by atoms with E-state index in [9.17, 15) is 4.39 Å². The zero-order valence-electron chi connectivity index (χ0n) is 9.69. The van der Waals surface area contributed by atoms with Crippen molar-refractivity contribution in [2.45, 2.75) is 31.8 Å². The van der Waals surface area contributed by atoms with Crippen molar-refractivity contribution in [1.82, 2.24) is 4.90 Å². The van der Waals surface area contributed by atoms with Crippen molar-refractivity contribution < 1.29 is 4.39 Å². The third kappa shape index (κ3) is 1.94. The lowest BCUT2D eigenvalue weighted by Crippen LogP contribution is -2.31. The zero-order chi connectivity index (χ0) is 11.8. The molecular weight excluding hydrogens is 215 g/mol. The zero-order valence-corrected chi connectivity index (χ0v) is 9.69. The molecular formula is C14H15FN2. The van der Waals surface area contributed by atoms with Crippen LogP contribution in [0.4, 0.5) is 4.39 Å². The van der Waals surface area contributed by atoms with Gasteiger partial charge in [0.15, 0.2) is 0 Å². The standard InChI is InChI=1S/C14H15FN2/c15-14-6-10(7-16)1-3-12(14)9-17-8-11-2-4-13(17)5-11/h1,3,6,11,13H,2,4-5,8-9H2. The quantitative estimate of drug-likeness (QED) is 0.781. The monoisotopic (exact) mass is 230 g/mol. The minimum absolute atomic E-state index is 0.244. The summed E-state index contributed by atoms with van der Waals surface area (Å²) in [6.45, 7) is 1.81. The Bertz CT molecular complexity index is 478. The van der Waals surface area contributed by atoms with Crippen LogP contribution in [0.15, 0.2) is 18.2 Å². The second-order valence-corrected chi connectivity index (χ2v) is 5.18. The number of likely N-dealkylation sites (tertiary alicyclic amines) is 1. The summed E-state index contributed by atoms with van der Waals surface area (Å²) in [7, 11) is 0. The van der Waals surface area contributed by atoms with Gasteiger partial charge in [-0.1, -0.05) is 6.07 Å². The van der Waals surface area contributed by atoms with Crippen molar-refractivity contribution >= 4 is 0 Å². The molecule has 2 aliphatic rings. The van der Waals surface area contributed by atoms with Gasteiger partial charge in [-0.3, -0.25) is 4.90 Å². The Labute approximate surface area is 101 Å². The summed E-state index contributed by atoms with van der Waals surface area (Å²) in [5.74, 6) is 0.591. The van der Waals surface area contributed by atoms with Crippen LogP contribution in [0.25, 0.3) is 0 Å². The van der Waals surface area contributed by atoms with Gasteiger partial charge >= 0.3 is 0 Å². The largest absolute Gasteiger partial charge is 0.296 e. The molecule has 1 saturated carbocycles. The predicted molar refractivity (Wildman–Crippen MR) is 62.7 cm³/mol. The van der Waals surface area contributed by atoms with E-state index in [-0.39, 0.29) is 5.82 Å². The first-order chi connectivity index (χ1) is 8.26. The van der Waals surface area contributed by atoms with Gasteiger partial charge in [-0.15, -0.1) is 0 Å². The summed E-state index contributed by atoms with van der Waals surface area (Å²) in [5.41, 5.74) is 1.12. The lowest BCUT2D eigenvalue weighted by atomic mass is 10.1. The maximum Gasteiger partial charge on any atom is 0.129 e. The number of rotatable bonds is 2. The van der Waals surface area contributed by atoms with Crippen LogP contribution in [-0.4, -0.2) is 17.5 Å². The summed E-state index contributed by atoms with van der Waals surface area (Å²) < 4.78 is 13.8. The highest BCUT2D eigenvalue weighted by molar-refractivity contribution is 5.32. The maximum absolute atomic E-state index is 13.8. The minimum Gasteiger partial charge on any atom is -0.296 e. The van der Waals surface area contributed by atoms with E-state index in [2.05, 4.69) is 4.90 Å². The first-order valence-corrected chi connectivity index (χ1v) is 6.19. The topological polar surface area (TPSA) is 27.0 Å². The summed E-state index contributed by atoms with van der Waals surface area (Å²) >= 11 is 0. The number of fused-ring (bicyclic) bond motifs is 2. The molecule has 1 saturated heterocycles. The van der Waals surface area contributed by atoms with Crippen molar-refractivity contribution in [3.63, 3.8) is 0 Å². The molecule has 0 radical (unpaired) electrons. The van der Waals surface area contributed by atoms with Crippen LogP contribution in [0.1, 0.15) is 30.4 Å². The van der Waals surface area contributed by atoms with E-state index in [0.717, 1.165) is 18.0 Å². The fourth-order valence-electron chi connectivity index (χ4n) is 3.18. The van der Waals surface area contributed by atoms with Crippen molar-refractivity contribution in [1.29, 1.82) is 5.26 Å². The number of benzene rings is 1. The Morgan fingerprint density at radius 3 is 2.88 bits per heavy atom. The smallest absolute Gasteiger partial charge is 0.129 e. The molecule has 1 aromatic rings. The highest BCUT2D eigenvalue weighted by Gasteiger charge is 2.37. The van der Waals surface area contributed by atoms with E-state index in [1.807, 2.05) is 6.07 Å². The molecule has 1 heterocycles. The van der Waals surface area contributed by atoms with E-state index in [1.54, 1.807) is 12.1 Å². The third-order valence-electron chi connectivity index (χ3n) is 4.08. The maximum atomic E-state index is 13.8. The second-order valence-electron chi connectivity index (χ2n) is 5.18. The van der Waals surface area contributed by atoms with Gasteiger partial charge in [0, 0.05) is 24.7 Å². The second kappa shape index (κ2) is 4.12. The Morgan fingerprint density at radius 2 is 2.29 bits per heavy atom. The average molecular weight is 230 g/mol. The van der Waals surface area contributed by atoms with Crippen molar-refractivity contribution in [3.05, 3.63) is 35.1 Å². The molecule has 2 nitrogen and oxygen atoms in total. The van der Waals surface area contributed by atoms with Crippen LogP contribution >= 0.6 is 0 Å². The van der Waals surface area contributed by atoms with Gasteiger partial charge in [-0.2, -0.15) is 5.26 Å². The highest BCUT2D eigenvalue weighted by Crippen LogP contribution is 2.38. The Hall–Kier alpha value is -1.40. The van der Waals surface area contributed by atoms with Gasteiger partial charge in [0.05, 0.1) is 11.6 Å². The molecule has 2 bridgehead atoms. The molecule has 2 unspecified atom stereocenters. The van der Waals surface area contributed by atoms with Gasteiger partial charge in [0.25, 0.3) is 0 Å². The molecule has 3 rings (SSSR count). The van der Waals surface area contributed by atoms with Crippen LogP contribution in [0.5, 0.6) is 0 Å². The molecule has 2 fully saturated rings. The lowest BCUT2D eigenvalue weighted by molar-refractivity contribution is 0.203. The van der Waals surface area contributed by atoms with Gasteiger partial charge in [-0.25, -0.2) is 4.39 Å². The number of nitriles is 1. The van der Waals surface area contributed by atoms with Crippen LogP contribution in [0, 0.1) is 23.1 Å². The molecule has 0 spiro atoms. The average Bonchev–Trinajstić information content (AvgIpc) is 2.93. The van der Waals surface area contributed by atoms with E-state index < -0.39 is 0 Å². The van der Waals surface area contributed by atoms with Gasteiger partial charge < -0.3 is 0 Å². The van der Waals surface area contributed by atoms with E-state index in [1.165, 1.54) is 25.3 Å². The minimum atomic E-state index is -0.244. The van der Waals surface area contributed by atoms with Crippen molar-refractivity contribution in [2.75, 3.05) is 6.54 Å². The SMILES string of the molecule is N#Cc1ccc(CN2CC3CCC2C3)c(F)c1. The molecule has 0 N–H and O–H groups in total. The number of hydrogen-bond acceptors (Lipinski definition) is 2. The van der Waals surface area contributed by atoms with Gasteiger partial charge in [0.2, 0.25) is 0 Å². The fourth-order valence-corrected chi connectivity index (χ4v) is 3.18. The first kappa shape index (κ1) is 10.7. The lowest BCUT2D eigenvalue weighted by Gasteiger charge is -2.26. The molecule has 3 heteroatoms. The Balaban J connectivity index is 1.75. The molecule has 1 aliphatic carbocycles. The third-order valence-corrected chi connectivity index (χ3v) is 4.08. The first-order valence-electron chi connectivity index (χ1n) is 6.19. The highest BCUT2D eigenvalue weighted by atomic mass is 19.1. The molecule has 0 amide bonds. The molecule has 1 aromatic carbocycles. The Kier molecular flexibility index (Phi) is 2.60. The molecule has 17 heavy (non-hydrogen) atoms. The van der Waals surface area contributed by atoms with Crippen molar-refractivity contribution in [2.24, 2.45) is 5.92 Å².